The fourth-order valence-electron chi connectivity index (χ4n) is 0.730. The van der Waals surface area contributed by atoms with E-state index < -0.39 is 10.8 Å². The van der Waals surface area contributed by atoms with E-state index in [4.69, 9.17) is 11.6 Å². The van der Waals surface area contributed by atoms with Crippen LogP contribution in [0.5, 0.6) is 0 Å². The molecule has 1 aliphatic rings. The number of ketones is 1. The summed E-state index contributed by atoms with van der Waals surface area (Å²) in [6.45, 7) is 0. The molecular formula is C5H8ClMgNO2S. The van der Waals surface area contributed by atoms with Gasteiger partial charge in [-0.15, -0.1) is 11.6 Å². The first-order chi connectivity index (χ1) is 4.66. The number of Topliss-reactive ketones (excluding diaryl/α,β-unsaturated/α-hetero) is 1. The van der Waals surface area contributed by atoms with Gasteiger partial charge in [0.2, 0.25) is 0 Å². The number of carbonyl (C=O) groups is 2. The molecule has 0 radical (unpaired) electrons. The van der Waals surface area contributed by atoms with Gasteiger partial charge in [0.05, 0.1) is 0 Å². The number of carbonyl (C=O) groups excluding carboxylic acids is 2. The van der Waals surface area contributed by atoms with E-state index in [9.17, 15) is 9.59 Å². The smallest absolute Gasteiger partial charge is 1.00 e. The topological polar surface area (TPSA) is 37.4 Å². The number of rotatable bonds is 1. The van der Waals surface area contributed by atoms with Gasteiger partial charge in [0, 0.05) is 0 Å². The molecule has 1 heterocycles. The molecule has 60 valence electrons. The predicted octanol–water partition coefficient (Wildman–Crippen LogP) is 0.126. The monoisotopic (exact) mass is 205 g/mol. The number of hydrogen-bond acceptors (Lipinski definition) is 4. The number of nitrogens with zero attached hydrogens (tertiary/aromatic N) is 1. The summed E-state index contributed by atoms with van der Waals surface area (Å²) in [5.74, 6) is -0.218. The van der Waals surface area contributed by atoms with E-state index in [1.165, 1.54) is 11.9 Å². The average molecular weight is 206 g/mol. The van der Waals surface area contributed by atoms with Crippen molar-refractivity contribution in [2.75, 3.05) is 7.05 Å². The Hall–Kier alpha value is 0.706. The predicted molar refractivity (Wildman–Crippen MR) is 47.8 cm³/mol. The van der Waals surface area contributed by atoms with Crippen LogP contribution in [0.1, 0.15) is 2.85 Å². The summed E-state index contributed by atoms with van der Waals surface area (Å²) in [7, 11) is 1.67. The number of aldehydes is 1. The first-order valence-electron chi connectivity index (χ1n) is 2.69. The largest absolute Gasteiger partial charge is 2.00 e. The number of halogens is 1. The van der Waals surface area contributed by atoms with Crippen molar-refractivity contribution in [2.24, 2.45) is 0 Å². The Kier molecular flexibility index (Phi) is 4.96. The van der Waals surface area contributed by atoms with Crippen LogP contribution in [0.3, 0.4) is 0 Å². The van der Waals surface area contributed by atoms with E-state index in [0.717, 1.165) is 0 Å². The standard InChI is InChI=1S/C5H6ClNO2S.Mg.2H/c1-7-3(2-8)4(9)5(6)10-7;;;/h2-3,5H,1H3;;;/q;+2;2*-1. The molecule has 1 aliphatic heterocycles. The molecule has 0 N–H and O–H groups in total. The first-order valence-corrected chi connectivity index (χ1v) is 3.97. The van der Waals surface area contributed by atoms with Crippen molar-refractivity contribution in [3.05, 3.63) is 0 Å². The summed E-state index contributed by atoms with van der Waals surface area (Å²) < 4.78 is 0.979. The zero-order valence-corrected chi connectivity index (χ0v) is 8.98. The van der Waals surface area contributed by atoms with Crippen LogP contribution in [0, 0.1) is 0 Å². The van der Waals surface area contributed by atoms with Gasteiger partial charge in [0.1, 0.15) is 12.3 Å². The summed E-state index contributed by atoms with van der Waals surface area (Å²) in [4.78, 5) is 21.2. The molecule has 1 saturated heterocycles. The van der Waals surface area contributed by atoms with Crippen LogP contribution in [-0.2, 0) is 9.59 Å². The van der Waals surface area contributed by atoms with Crippen molar-refractivity contribution in [2.45, 2.75) is 10.8 Å². The second kappa shape index (κ2) is 4.66. The Morgan fingerprint density at radius 3 is 2.55 bits per heavy atom. The van der Waals surface area contributed by atoms with Gasteiger partial charge < -0.3 is 7.65 Å². The van der Waals surface area contributed by atoms with Gasteiger partial charge in [-0.25, -0.2) is 4.31 Å². The van der Waals surface area contributed by atoms with Gasteiger partial charge in [0.15, 0.2) is 10.5 Å². The minimum absolute atomic E-state index is 0. The Morgan fingerprint density at radius 2 is 2.36 bits per heavy atom. The van der Waals surface area contributed by atoms with Crippen LogP contribution < -0.4 is 0 Å². The average Bonchev–Trinajstić information content (AvgIpc) is 2.09. The van der Waals surface area contributed by atoms with Crippen molar-refractivity contribution in [3.8, 4) is 0 Å². The molecule has 0 saturated carbocycles. The molecule has 2 unspecified atom stereocenters. The van der Waals surface area contributed by atoms with E-state index in [2.05, 4.69) is 0 Å². The van der Waals surface area contributed by atoms with Gasteiger partial charge in [-0.3, -0.25) is 4.79 Å². The Balaban J connectivity index is -0.000000333. The zero-order chi connectivity index (χ0) is 7.72. The van der Waals surface area contributed by atoms with Gasteiger partial charge >= 0.3 is 23.1 Å². The van der Waals surface area contributed by atoms with Crippen molar-refractivity contribution in [1.29, 1.82) is 0 Å². The minimum atomic E-state index is -0.646. The summed E-state index contributed by atoms with van der Waals surface area (Å²) in [6.07, 6.45) is 0.609. The Morgan fingerprint density at radius 1 is 1.82 bits per heavy atom. The summed E-state index contributed by atoms with van der Waals surface area (Å²) in [5, 5.41) is 0. The molecule has 0 aromatic heterocycles. The third-order valence-electron chi connectivity index (χ3n) is 1.29. The van der Waals surface area contributed by atoms with Crippen molar-refractivity contribution >= 4 is 58.7 Å². The van der Waals surface area contributed by atoms with Gasteiger partial charge in [-0.05, 0) is 7.05 Å². The maximum atomic E-state index is 10.9. The van der Waals surface area contributed by atoms with Crippen LogP contribution in [0.15, 0.2) is 0 Å². The van der Waals surface area contributed by atoms with Crippen molar-refractivity contribution in [1.82, 2.24) is 4.31 Å². The quantitative estimate of drug-likeness (QED) is 0.201. The first kappa shape index (κ1) is 11.7. The minimum Gasteiger partial charge on any atom is -1.00 e. The second-order valence-corrected chi connectivity index (χ2v) is 3.90. The molecule has 6 heteroatoms. The van der Waals surface area contributed by atoms with Gasteiger partial charge in [-0.2, -0.15) is 0 Å². The number of hydrogen-bond donors (Lipinski definition) is 0. The van der Waals surface area contributed by atoms with Crippen LogP contribution in [-0.4, -0.2) is 57.2 Å². The van der Waals surface area contributed by atoms with E-state index in [-0.39, 0.29) is 31.7 Å². The second-order valence-electron chi connectivity index (χ2n) is 1.95. The molecule has 0 aromatic rings. The third-order valence-corrected chi connectivity index (χ3v) is 2.73. The molecule has 0 spiro atoms. The maximum Gasteiger partial charge on any atom is 2.00 e. The molecule has 11 heavy (non-hydrogen) atoms. The van der Waals surface area contributed by atoms with Crippen LogP contribution in [0.25, 0.3) is 0 Å². The number of likely N-dealkylation sites (N-methyl/N-ethyl adjacent to an activating group) is 1. The molecule has 0 aromatic carbocycles. The van der Waals surface area contributed by atoms with Crippen molar-refractivity contribution in [3.63, 3.8) is 0 Å². The molecule has 0 bridgehead atoms. The van der Waals surface area contributed by atoms with E-state index in [1.54, 1.807) is 11.4 Å². The van der Waals surface area contributed by atoms with Crippen LogP contribution in [0.4, 0.5) is 0 Å². The SMILES string of the molecule is CN1SC(Cl)C(=O)C1C=O.[H-].[H-].[Mg+2]. The molecule has 1 fully saturated rings. The fourth-order valence-corrected chi connectivity index (χ4v) is 2.06. The normalized spacial score (nSPS) is 31.6. The van der Waals surface area contributed by atoms with Gasteiger partial charge in [0.25, 0.3) is 0 Å². The molecule has 3 nitrogen and oxygen atoms in total. The molecule has 1 rings (SSSR count). The van der Waals surface area contributed by atoms with E-state index in [0.29, 0.717) is 6.29 Å². The van der Waals surface area contributed by atoms with E-state index >= 15 is 0 Å². The Labute approximate surface area is 93.1 Å². The van der Waals surface area contributed by atoms with Crippen LogP contribution >= 0.6 is 23.5 Å². The number of alkyl halides is 1. The Bertz CT molecular complexity index is 188. The van der Waals surface area contributed by atoms with E-state index in [1.807, 2.05) is 0 Å². The van der Waals surface area contributed by atoms with Crippen LogP contribution in [0.2, 0.25) is 0 Å². The molecule has 2 atom stereocenters. The summed E-state index contributed by atoms with van der Waals surface area (Å²) in [6, 6.07) is -0.646. The van der Waals surface area contributed by atoms with Gasteiger partial charge in [-0.1, -0.05) is 11.9 Å². The summed E-state index contributed by atoms with van der Waals surface area (Å²) >= 11 is 6.72. The third kappa shape index (κ3) is 2.32. The zero-order valence-electron chi connectivity index (χ0n) is 7.99. The maximum absolute atomic E-state index is 10.9. The van der Waals surface area contributed by atoms with Crippen molar-refractivity contribution < 1.29 is 12.4 Å². The molecular weight excluding hydrogens is 198 g/mol. The fraction of sp³-hybridized carbons (Fsp3) is 0.600. The molecule has 0 aliphatic carbocycles. The molecule has 0 amide bonds. The summed E-state index contributed by atoms with van der Waals surface area (Å²) in [5.41, 5.74) is 0.